The third kappa shape index (κ3) is 6.75. The molecule has 2 nitrogen and oxygen atoms in total. The maximum Gasteiger partial charge on any atom is 0.341 e. The molecule has 12 atom stereocenters. The van der Waals surface area contributed by atoms with Crippen LogP contribution in [0, 0.1) is 0 Å². The average Bonchev–Trinajstić information content (AvgIpc) is 2.72. The fourth-order valence-electron chi connectivity index (χ4n) is 2.02. The van der Waals surface area contributed by atoms with Crippen LogP contribution >= 0.6 is 0 Å². The molecule has 0 heterocycles. The monoisotopic (exact) mass is 480 g/mol. The lowest BCUT2D eigenvalue weighted by Gasteiger charge is -2.28. The summed E-state index contributed by atoms with van der Waals surface area (Å²) in [6.07, 6.45) is -53.6. The van der Waals surface area contributed by atoms with Crippen molar-refractivity contribution in [3.8, 4) is 0 Å². The molecule has 0 aromatic carbocycles. The maximum absolute atomic E-state index is 13.5. The van der Waals surface area contributed by atoms with Crippen molar-refractivity contribution in [3.63, 3.8) is 0 Å². The Morgan fingerprint density at radius 3 is 0.800 bits per heavy atom. The van der Waals surface area contributed by atoms with E-state index in [2.05, 4.69) is 0 Å². The van der Waals surface area contributed by atoms with Gasteiger partial charge in [-0.3, -0.25) is 0 Å². The molecule has 0 spiro atoms. The van der Waals surface area contributed by atoms with E-state index >= 15 is 0 Å². The van der Waals surface area contributed by atoms with Crippen LogP contribution in [0.1, 0.15) is 0 Å². The molecule has 0 rings (SSSR count). The summed E-state index contributed by atoms with van der Waals surface area (Å²) in [7, 11) is 0. The van der Waals surface area contributed by atoms with Crippen molar-refractivity contribution in [2.24, 2.45) is 0 Å². The van der Waals surface area contributed by atoms with Gasteiger partial charge in [0.15, 0.2) is 67.9 Å². The second-order valence-electron chi connectivity index (χ2n) is 5.96. The molecule has 16 heteroatoms. The van der Waals surface area contributed by atoms with Crippen molar-refractivity contribution in [1.82, 2.24) is 0 Å². The first-order chi connectivity index (χ1) is 13.6. The van der Waals surface area contributed by atoms with Crippen LogP contribution in [0.4, 0.5) is 61.5 Å². The summed E-state index contributed by atoms with van der Waals surface area (Å²) in [4.78, 5) is 10.1. The molecule has 0 aliphatic heterocycles. The minimum Gasteiger partial charge on any atom is -0.479 e. The fourth-order valence-corrected chi connectivity index (χ4v) is 2.02. The van der Waals surface area contributed by atoms with Crippen molar-refractivity contribution in [3.05, 3.63) is 0 Å². The van der Waals surface area contributed by atoms with Crippen LogP contribution in [-0.2, 0) is 4.79 Å². The van der Waals surface area contributed by atoms with Gasteiger partial charge in [0.05, 0.1) is 0 Å². The van der Waals surface area contributed by atoms with Crippen molar-refractivity contribution >= 4 is 5.97 Å². The minimum absolute atomic E-state index is 2.68. The molecule has 180 valence electrons. The molecule has 0 saturated heterocycles. The van der Waals surface area contributed by atoms with Gasteiger partial charge in [-0.05, 0) is 0 Å². The minimum atomic E-state index is -4.27. The Labute approximate surface area is 159 Å². The summed E-state index contributed by atoms with van der Waals surface area (Å²) in [5, 5.41) is 8.06. The third-order valence-corrected chi connectivity index (χ3v) is 3.80. The molecule has 0 radical (unpaired) electrons. The lowest BCUT2D eigenvalue weighted by atomic mass is 9.94. The van der Waals surface area contributed by atoms with E-state index in [4.69, 9.17) is 5.11 Å². The highest BCUT2D eigenvalue weighted by atomic mass is 19.3. The van der Waals surface area contributed by atoms with Gasteiger partial charge in [0, 0.05) is 0 Å². The van der Waals surface area contributed by atoms with E-state index < -0.39 is 86.5 Å². The van der Waals surface area contributed by atoms with Gasteiger partial charge in [-0.1, -0.05) is 0 Å². The van der Waals surface area contributed by atoms with Crippen LogP contribution in [0.25, 0.3) is 0 Å². The van der Waals surface area contributed by atoms with Crippen LogP contribution in [0.3, 0.4) is 0 Å². The first kappa shape index (κ1) is 28.5. The Morgan fingerprint density at radius 2 is 0.600 bits per heavy atom. The van der Waals surface area contributed by atoms with Crippen LogP contribution < -0.4 is 0 Å². The molecule has 30 heavy (non-hydrogen) atoms. The predicted octanol–water partition coefficient (Wildman–Crippen LogP) is 4.39. The molecular weight excluding hydrogens is 466 g/mol. The molecule has 0 aliphatic rings. The van der Waals surface area contributed by atoms with Crippen molar-refractivity contribution in [2.75, 3.05) is 0 Å². The number of alkyl halides is 14. The second-order valence-corrected chi connectivity index (χ2v) is 5.96. The van der Waals surface area contributed by atoms with E-state index in [9.17, 15) is 66.3 Å². The predicted molar refractivity (Wildman–Crippen MR) is 72.4 cm³/mol. The zero-order chi connectivity index (χ0) is 24.1. The molecule has 0 aromatic heterocycles. The van der Waals surface area contributed by atoms with Crippen molar-refractivity contribution in [2.45, 2.75) is 80.5 Å². The Bertz CT molecular complexity index is 527. The number of hydrogen-bond donors (Lipinski definition) is 1. The highest BCUT2D eigenvalue weighted by Gasteiger charge is 2.52. The second kappa shape index (κ2) is 11.8. The van der Waals surface area contributed by atoms with Crippen molar-refractivity contribution < 1.29 is 71.4 Å². The highest BCUT2D eigenvalue weighted by molar-refractivity contribution is 5.73. The average molecular weight is 480 g/mol. The normalized spacial score (nSPS) is 24.6. The third-order valence-electron chi connectivity index (χ3n) is 3.80. The van der Waals surface area contributed by atoms with Gasteiger partial charge in [0.2, 0.25) is 6.17 Å². The summed E-state index contributed by atoms with van der Waals surface area (Å²) in [6, 6.07) is 0. The number of hydrogen-bond acceptors (Lipinski definition) is 1. The lowest BCUT2D eigenvalue weighted by Crippen LogP contribution is -2.51. The molecular formula is C14H14F14O2. The number of aliphatic carboxylic acids is 1. The number of carboxylic acid groups (broad SMARTS) is 1. The summed E-state index contributed by atoms with van der Waals surface area (Å²) in [5.74, 6) is -2.68. The summed E-state index contributed by atoms with van der Waals surface area (Å²) < 4.78 is 182. The van der Waals surface area contributed by atoms with Crippen LogP contribution in [0.15, 0.2) is 0 Å². The van der Waals surface area contributed by atoms with E-state index in [0.29, 0.717) is 0 Å². The standard InChI is InChI=1S/C14H14F14O2/c15-1(3(17)5(19)7(21)9(23)11(25)13(27)28)2(16)4(18)6(20)8(22)10(24)12(26)14(29)30/h1-13H,(H,29,30). The summed E-state index contributed by atoms with van der Waals surface area (Å²) >= 11 is 0. The Kier molecular flexibility index (Phi) is 11.2. The SMILES string of the molecule is O=C(O)C(F)C(F)C(F)C(F)C(F)C(F)C(F)C(F)C(F)C(F)C(F)C(F)C(F)F. The van der Waals surface area contributed by atoms with Gasteiger partial charge in [-0.2, -0.15) is 0 Å². The van der Waals surface area contributed by atoms with E-state index in [1.807, 2.05) is 0 Å². The van der Waals surface area contributed by atoms with Gasteiger partial charge in [-0.15, -0.1) is 0 Å². The molecule has 0 fully saturated rings. The molecule has 12 unspecified atom stereocenters. The van der Waals surface area contributed by atoms with Gasteiger partial charge in [-0.25, -0.2) is 66.3 Å². The van der Waals surface area contributed by atoms with E-state index in [1.54, 1.807) is 0 Å². The van der Waals surface area contributed by atoms with Gasteiger partial charge >= 0.3 is 5.97 Å². The highest BCUT2D eigenvalue weighted by Crippen LogP contribution is 2.31. The fraction of sp³-hybridized carbons (Fsp3) is 0.929. The van der Waals surface area contributed by atoms with Crippen LogP contribution in [-0.4, -0.2) is 91.6 Å². The Balaban J connectivity index is 5.19. The Morgan fingerprint density at radius 1 is 0.400 bits per heavy atom. The number of halogens is 14. The first-order valence-corrected chi connectivity index (χ1v) is 7.77. The lowest BCUT2D eigenvalue weighted by molar-refractivity contribution is -0.148. The van der Waals surface area contributed by atoms with Crippen LogP contribution in [0.2, 0.25) is 0 Å². The smallest absolute Gasteiger partial charge is 0.341 e. The first-order valence-electron chi connectivity index (χ1n) is 7.77. The molecule has 0 amide bonds. The molecule has 0 saturated carbocycles. The zero-order valence-corrected chi connectivity index (χ0v) is 14.2. The zero-order valence-electron chi connectivity index (χ0n) is 14.2. The molecule has 1 N–H and O–H groups in total. The van der Waals surface area contributed by atoms with Crippen LogP contribution in [0.5, 0.6) is 0 Å². The van der Waals surface area contributed by atoms with Gasteiger partial charge in [0.1, 0.15) is 0 Å². The van der Waals surface area contributed by atoms with Crippen molar-refractivity contribution in [1.29, 1.82) is 0 Å². The van der Waals surface area contributed by atoms with E-state index in [-0.39, 0.29) is 0 Å². The number of carbonyl (C=O) groups is 1. The molecule has 0 aromatic rings. The quantitative estimate of drug-likeness (QED) is 0.397. The number of rotatable bonds is 13. The number of carboxylic acids is 1. The maximum atomic E-state index is 13.5. The largest absolute Gasteiger partial charge is 0.479 e. The van der Waals surface area contributed by atoms with E-state index in [0.717, 1.165) is 0 Å². The molecule has 0 bridgehead atoms. The summed E-state index contributed by atoms with van der Waals surface area (Å²) in [6.45, 7) is 0. The topological polar surface area (TPSA) is 37.3 Å². The molecule has 0 aliphatic carbocycles. The summed E-state index contributed by atoms with van der Waals surface area (Å²) in [5.41, 5.74) is 0. The Hall–Kier alpha value is -1.51. The van der Waals surface area contributed by atoms with Gasteiger partial charge < -0.3 is 5.11 Å². The van der Waals surface area contributed by atoms with E-state index in [1.165, 1.54) is 0 Å². The van der Waals surface area contributed by atoms with Gasteiger partial charge in [0.25, 0.3) is 6.43 Å².